The van der Waals surface area contributed by atoms with Crippen LogP contribution in [0.3, 0.4) is 0 Å². The van der Waals surface area contributed by atoms with Gasteiger partial charge >= 0.3 is 0 Å². The van der Waals surface area contributed by atoms with Crippen LogP contribution in [0.2, 0.25) is 0 Å². The lowest BCUT2D eigenvalue weighted by Gasteiger charge is -2.30. The number of carbonyl (C=O) groups is 1. The van der Waals surface area contributed by atoms with Crippen LogP contribution >= 0.6 is 22.9 Å². The maximum absolute atomic E-state index is 11.9. The Balaban J connectivity index is 1.84. The molecule has 0 bridgehead atoms. The van der Waals surface area contributed by atoms with Gasteiger partial charge in [-0.3, -0.25) is 4.79 Å². The zero-order valence-corrected chi connectivity index (χ0v) is 11.4. The molecule has 4 heteroatoms. The van der Waals surface area contributed by atoms with Gasteiger partial charge in [0.15, 0.2) is 0 Å². The summed E-state index contributed by atoms with van der Waals surface area (Å²) in [6.07, 6.45) is 5.17. The van der Waals surface area contributed by atoms with Crippen molar-refractivity contribution in [2.24, 2.45) is 5.92 Å². The Morgan fingerprint density at radius 3 is 3.00 bits per heavy atom. The van der Waals surface area contributed by atoms with E-state index in [2.05, 4.69) is 5.32 Å². The lowest BCUT2D eigenvalue weighted by Crippen LogP contribution is -2.43. The average molecular weight is 272 g/mol. The number of carbonyl (C=O) groups excluding carboxylic acids is 1. The average Bonchev–Trinajstić information content (AvgIpc) is 2.82. The van der Waals surface area contributed by atoms with E-state index < -0.39 is 0 Å². The molecule has 0 aliphatic heterocycles. The highest BCUT2D eigenvalue weighted by Crippen LogP contribution is 2.25. The third kappa shape index (κ3) is 3.71. The highest BCUT2D eigenvalue weighted by atomic mass is 35.5. The quantitative estimate of drug-likeness (QED) is 0.837. The molecule has 0 radical (unpaired) electrons. The molecule has 1 amide bonds. The maximum atomic E-state index is 11.9. The first-order valence-electron chi connectivity index (χ1n) is 6.16. The Hall–Kier alpha value is -0.540. The number of amides is 1. The number of nitrogens with one attached hydrogen (secondary N) is 1. The topological polar surface area (TPSA) is 29.1 Å². The summed E-state index contributed by atoms with van der Waals surface area (Å²) < 4.78 is 0. The van der Waals surface area contributed by atoms with Gasteiger partial charge in [0, 0.05) is 11.9 Å². The predicted octanol–water partition coefficient (Wildman–Crippen LogP) is 3.20. The summed E-state index contributed by atoms with van der Waals surface area (Å²) in [5.41, 5.74) is 1.10. The molecule has 0 spiro atoms. The summed E-state index contributed by atoms with van der Waals surface area (Å²) in [6.45, 7) is 0. The third-order valence-electron chi connectivity index (χ3n) is 3.40. The molecule has 0 aromatic carbocycles. The fraction of sp³-hybridized carbons (Fsp3) is 0.615. The summed E-state index contributed by atoms with van der Waals surface area (Å²) in [5.74, 6) is 1.24. The first-order valence-corrected chi connectivity index (χ1v) is 7.63. The zero-order chi connectivity index (χ0) is 12.1. The fourth-order valence-electron chi connectivity index (χ4n) is 2.42. The smallest absolute Gasteiger partial charge is 0.224 e. The van der Waals surface area contributed by atoms with E-state index in [-0.39, 0.29) is 11.9 Å². The fourth-order valence-corrected chi connectivity index (χ4v) is 3.46. The minimum atomic E-state index is 0.130. The second-order valence-electron chi connectivity index (χ2n) is 4.68. The number of alkyl halides is 1. The molecule has 1 heterocycles. The van der Waals surface area contributed by atoms with Crippen LogP contribution in [0, 0.1) is 5.92 Å². The van der Waals surface area contributed by atoms with E-state index in [0.29, 0.717) is 18.2 Å². The van der Waals surface area contributed by atoms with Crippen LogP contribution < -0.4 is 5.32 Å². The standard InChI is InChI=1S/C13H18ClNOS/c14-8-11-3-1-2-4-12(11)15-13(16)7-10-5-6-17-9-10/h5-6,9,11-12H,1-4,7-8H2,(H,15,16). The SMILES string of the molecule is O=C(Cc1ccsc1)NC1CCCCC1CCl. The van der Waals surface area contributed by atoms with Crippen LogP contribution in [0.5, 0.6) is 0 Å². The Kier molecular flexibility index (Phi) is 4.86. The molecular weight excluding hydrogens is 254 g/mol. The highest BCUT2D eigenvalue weighted by Gasteiger charge is 2.25. The van der Waals surface area contributed by atoms with Gasteiger partial charge in [-0.25, -0.2) is 0 Å². The molecular formula is C13H18ClNOS. The van der Waals surface area contributed by atoms with Gasteiger partial charge in [0.25, 0.3) is 0 Å². The summed E-state index contributed by atoms with van der Waals surface area (Å²) in [7, 11) is 0. The molecule has 1 N–H and O–H groups in total. The number of thiophene rings is 1. The van der Waals surface area contributed by atoms with Crippen molar-refractivity contribution in [2.75, 3.05) is 5.88 Å². The largest absolute Gasteiger partial charge is 0.353 e. The Morgan fingerprint density at radius 1 is 1.47 bits per heavy atom. The third-order valence-corrected chi connectivity index (χ3v) is 4.53. The number of rotatable bonds is 4. The Bertz CT molecular complexity index is 352. The van der Waals surface area contributed by atoms with Gasteiger partial charge in [-0.15, -0.1) is 11.6 Å². The molecule has 17 heavy (non-hydrogen) atoms. The van der Waals surface area contributed by atoms with E-state index in [4.69, 9.17) is 11.6 Å². The molecule has 2 rings (SSSR count). The van der Waals surface area contributed by atoms with E-state index in [0.717, 1.165) is 18.4 Å². The van der Waals surface area contributed by atoms with Gasteiger partial charge in [-0.05, 0) is 41.1 Å². The molecule has 1 aromatic heterocycles. The van der Waals surface area contributed by atoms with Crippen LogP contribution in [0.4, 0.5) is 0 Å². The molecule has 1 aromatic rings. The van der Waals surface area contributed by atoms with Crippen molar-refractivity contribution >= 4 is 28.8 Å². The number of hydrogen-bond donors (Lipinski definition) is 1. The van der Waals surface area contributed by atoms with Crippen molar-refractivity contribution in [3.8, 4) is 0 Å². The van der Waals surface area contributed by atoms with E-state index >= 15 is 0 Å². The van der Waals surface area contributed by atoms with Crippen molar-refractivity contribution in [3.05, 3.63) is 22.4 Å². The van der Waals surface area contributed by atoms with Gasteiger partial charge in [0.05, 0.1) is 6.42 Å². The van der Waals surface area contributed by atoms with Gasteiger partial charge in [0.2, 0.25) is 5.91 Å². The Morgan fingerprint density at radius 2 is 2.29 bits per heavy atom. The van der Waals surface area contributed by atoms with Gasteiger partial charge in [0.1, 0.15) is 0 Å². The number of hydrogen-bond acceptors (Lipinski definition) is 2. The molecule has 2 unspecified atom stereocenters. The normalized spacial score (nSPS) is 24.5. The van der Waals surface area contributed by atoms with Crippen LogP contribution in [0.15, 0.2) is 16.8 Å². The van der Waals surface area contributed by atoms with E-state index in [1.165, 1.54) is 12.8 Å². The van der Waals surface area contributed by atoms with Gasteiger partial charge < -0.3 is 5.32 Å². The van der Waals surface area contributed by atoms with Crippen LogP contribution in [0.25, 0.3) is 0 Å². The summed E-state index contributed by atoms with van der Waals surface area (Å²) in [4.78, 5) is 11.9. The first kappa shape index (κ1) is 12.9. The maximum Gasteiger partial charge on any atom is 0.224 e. The lowest BCUT2D eigenvalue weighted by atomic mass is 9.85. The molecule has 1 aliphatic carbocycles. The highest BCUT2D eigenvalue weighted by molar-refractivity contribution is 7.07. The van der Waals surface area contributed by atoms with E-state index in [1.54, 1.807) is 11.3 Å². The van der Waals surface area contributed by atoms with Crippen molar-refractivity contribution in [2.45, 2.75) is 38.1 Å². The van der Waals surface area contributed by atoms with E-state index in [1.807, 2.05) is 16.8 Å². The predicted molar refractivity (Wildman–Crippen MR) is 72.6 cm³/mol. The monoisotopic (exact) mass is 271 g/mol. The van der Waals surface area contributed by atoms with Crippen molar-refractivity contribution in [1.82, 2.24) is 5.32 Å². The lowest BCUT2D eigenvalue weighted by molar-refractivity contribution is -0.121. The van der Waals surface area contributed by atoms with Crippen molar-refractivity contribution in [3.63, 3.8) is 0 Å². The molecule has 1 fully saturated rings. The summed E-state index contributed by atoms with van der Waals surface area (Å²) in [5, 5.41) is 7.17. The van der Waals surface area contributed by atoms with Gasteiger partial charge in [-0.2, -0.15) is 11.3 Å². The van der Waals surface area contributed by atoms with Gasteiger partial charge in [-0.1, -0.05) is 12.8 Å². The summed E-state index contributed by atoms with van der Waals surface area (Å²) >= 11 is 7.58. The second kappa shape index (κ2) is 6.41. The zero-order valence-electron chi connectivity index (χ0n) is 9.82. The second-order valence-corrected chi connectivity index (χ2v) is 5.77. The van der Waals surface area contributed by atoms with Crippen molar-refractivity contribution < 1.29 is 4.79 Å². The van der Waals surface area contributed by atoms with Crippen LogP contribution in [-0.2, 0) is 11.2 Å². The summed E-state index contributed by atoms with van der Waals surface area (Å²) in [6, 6.07) is 2.29. The molecule has 1 aliphatic rings. The molecule has 2 atom stereocenters. The van der Waals surface area contributed by atoms with Crippen LogP contribution in [0.1, 0.15) is 31.2 Å². The minimum Gasteiger partial charge on any atom is -0.353 e. The van der Waals surface area contributed by atoms with Crippen LogP contribution in [-0.4, -0.2) is 17.8 Å². The van der Waals surface area contributed by atoms with Crippen molar-refractivity contribution in [1.29, 1.82) is 0 Å². The molecule has 94 valence electrons. The molecule has 1 saturated carbocycles. The van der Waals surface area contributed by atoms with E-state index in [9.17, 15) is 4.79 Å². The molecule has 2 nitrogen and oxygen atoms in total. The minimum absolute atomic E-state index is 0.130. The Labute approximate surface area is 111 Å². The molecule has 0 saturated heterocycles. The first-order chi connectivity index (χ1) is 8.29. The number of halogens is 1.